The maximum Gasteiger partial charge on any atom is 0.224 e. The minimum Gasteiger partial charge on any atom is -0.397 e. The lowest BCUT2D eigenvalue weighted by Crippen LogP contribution is -2.40. The van der Waals surface area contributed by atoms with Crippen LogP contribution in [0.4, 0.5) is 27.5 Å². The number of nitrogens with one attached hydrogen (secondary N) is 2. The van der Waals surface area contributed by atoms with Gasteiger partial charge in [-0.2, -0.15) is 4.98 Å². The number of nitrogens with two attached hydrogens (primary N) is 1. The van der Waals surface area contributed by atoms with Gasteiger partial charge in [0.15, 0.2) is 0 Å². The van der Waals surface area contributed by atoms with E-state index in [1.54, 1.807) is 26.1 Å². The van der Waals surface area contributed by atoms with Crippen molar-refractivity contribution in [3.8, 4) is 10.6 Å². The smallest absolute Gasteiger partial charge is 0.224 e. The van der Waals surface area contributed by atoms with Crippen LogP contribution in [0.2, 0.25) is 0 Å². The Morgan fingerprint density at radius 1 is 1.07 bits per heavy atom. The molecule has 3 unspecified atom stereocenters. The fourth-order valence-corrected chi connectivity index (χ4v) is 8.44. The molecule has 13 heteroatoms. The molecule has 3 aliphatic rings. The number of fused-ring (bicyclic) bond motifs is 2. The average Bonchev–Trinajstić information content (AvgIpc) is 3.30. The number of aliphatic hydroxyl groups excluding tert-OH is 2. The summed E-state index contributed by atoms with van der Waals surface area (Å²) in [4.78, 5) is 21.2. The van der Waals surface area contributed by atoms with Crippen LogP contribution in [0.1, 0.15) is 31.7 Å². The normalized spacial score (nSPS) is 27.6. The summed E-state index contributed by atoms with van der Waals surface area (Å²) in [7, 11) is 0. The second kappa shape index (κ2) is 11.0. The topological polar surface area (TPSA) is 166 Å². The van der Waals surface area contributed by atoms with E-state index in [2.05, 4.69) is 20.5 Å². The number of hydrogen-bond acceptors (Lipinski definition) is 12. The number of aryl methyl sites for hydroxylation is 2. The summed E-state index contributed by atoms with van der Waals surface area (Å²) in [6.45, 7) is 9.59. The number of aromatic nitrogens is 4. The van der Waals surface area contributed by atoms with Crippen molar-refractivity contribution >= 4 is 44.7 Å². The summed E-state index contributed by atoms with van der Waals surface area (Å²) in [6, 6.07) is 5.97. The molecule has 1 aliphatic heterocycles. The highest BCUT2D eigenvalue weighted by molar-refractivity contribution is 7.21. The molecule has 2 aliphatic carbocycles. The van der Waals surface area contributed by atoms with Crippen molar-refractivity contribution in [2.24, 2.45) is 23.7 Å². The van der Waals surface area contributed by atoms with E-state index in [1.807, 2.05) is 19.9 Å². The van der Waals surface area contributed by atoms with E-state index in [1.165, 1.54) is 23.5 Å². The zero-order valence-corrected chi connectivity index (χ0v) is 26.5. The maximum absolute atomic E-state index is 13.5. The van der Waals surface area contributed by atoms with Crippen LogP contribution < -0.4 is 21.3 Å². The molecule has 7 N–H and O–H groups in total. The molecular weight excluding hydrogens is 595 g/mol. The number of nitrogens with zero attached hydrogens (tertiary/aromatic N) is 5. The molecule has 1 saturated heterocycles. The third-order valence-electron chi connectivity index (χ3n) is 9.90. The van der Waals surface area contributed by atoms with Gasteiger partial charge in [-0.05, 0) is 76.1 Å². The summed E-state index contributed by atoms with van der Waals surface area (Å²) in [5.41, 5.74) is 9.37. The summed E-state index contributed by atoms with van der Waals surface area (Å²) >= 11 is 1.52. The molecular formula is C32H39FN8O3S. The lowest BCUT2D eigenvalue weighted by molar-refractivity contribution is -0.0601. The van der Waals surface area contributed by atoms with Crippen LogP contribution in [-0.2, 0) is 0 Å². The van der Waals surface area contributed by atoms with E-state index in [-0.39, 0.29) is 5.82 Å². The number of halogens is 1. The standard InChI is InChI=1S/C32H39FN8O3S/c1-14-25(30-39-26-15(2)35-8-7-24(26)45-30)29(38-22-10-20(32(3,4)44)27(42)28(22)43)40-31(37-14)36-11-17-18-12-41(13-19(17)18)23-6-5-16(33)9-21(23)34/h5-9,17-20,22,27-28,42-44H,10-13,34H2,1-4H3,(H2,36,37,38,40)/t17?,18-,19?,20-,22?,27+,28-/m0/s1. The van der Waals surface area contributed by atoms with Gasteiger partial charge in [-0.15, -0.1) is 11.3 Å². The van der Waals surface area contributed by atoms with Gasteiger partial charge in [0, 0.05) is 31.7 Å². The van der Waals surface area contributed by atoms with Gasteiger partial charge in [0.05, 0.1) is 50.8 Å². The first-order chi connectivity index (χ1) is 21.4. The zero-order chi connectivity index (χ0) is 31.8. The number of thiazole rings is 1. The third kappa shape index (κ3) is 5.45. The summed E-state index contributed by atoms with van der Waals surface area (Å²) in [6.07, 6.45) is -0.0440. The number of pyridine rings is 1. The maximum atomic E-state index is 13.5. The van der Waals surface area contributed by atoms with E-state index in [9.17, 15) is 19.7 Å². The second-order valence-corrected chi connectivity index (χ2v) is 14.4. The predicted octanol–water partition coefficient (Wildman–Crippen LogP) is 3.57. The van der Waals surface area contributed by atoms with E-state index < -0.39 is 29.8 Å². The Hall–Kier alpha value is -3.65. The highest BCUT2D eigenvalue weighted by atomic mass is 32.1. The molecule has 4 heterocycles. The molecule has 7 atom stereocenters. The summed E-state index contributed by atoms with van der Waals surface area (Å²) in [5, 5.41) is 40.0. The van der Waals surface area contributed by atoms with E-state index in [0.29, 0.717) is 48.2 Å². The molecule has 4 aromatic rings. The largest absolute Gasteiger partial charge is 0.397 e. The Morgan fingerprint density at radius 3 is 2.49 bits per heavy atom. The van der Waals surface area contributed by atoms with Crippen molar-refractivity contribution in [3.05, 3.63) is 47.7 Å². The highest BCUT2D eigenvalue weighted by Gasteiger charge is 2.55. The lowest BCUT2D eigenvalue weighted by Gasteiger charge is -2.28. The van der Waals surface area contributed by atoms with Gasteiger partial charge in [0.2, 0.25) is 5.95 Å². The predicted molar refractivity (Wildman–Crippen MR) is 174 cm³/mol. The van der Waals surface area contributed by atoms with Crippen LogP contribution in [0, 0.1) is 43.3 Å². The summed E-state index contributed by atoms with van der Waals surface area (Å²) in [5.74, 6) is 1.61. The molecule has 2 saturated carbocycles. The van der Waals surface area contributed by atoms with Crippen LogP contribution in [0.5, 0.6) is 0 Å². The monoisotopic (exact) mass is 634 g/mol. The quantitative estimate of drug-likeness (QED) is 0.157. The van der Waals surface area contributed by atoms with Crippen molar-refractivity contribution in [2.45, 2.75) is 58.0 Å². The van der Waals surface area contributed by atoms with Gasteiger partial charge in [-0.25, -0.2) is 14.4 Å². The molecule has 3 fully saturated rings. The van der Waals surface area contributed by atoms with E-state index >= 15 is 0 Å². The van der Waals surface area contributed by atoms with Gasteiger partial charge >= 0.3 is 0 Å². The minimum absolute atomic E-state index is 0.330. The number of aliphatic hydroxyl groups is 3. The molecule has 0 spiro atoms. The number of anilines is 4. The second-order valence-electron chi connectivity index (χ2n) is 13.3. The third-order valence-corrected chi connectivity index (χ3v) is 10.9. The van der Waals surface area contributed by atoms with Crippen molar-refractivity contribution in [1.82, 2.24) is 19.9 Å². The van der Waals surface area contributed by atoms with Crippen molar-refractivity contribution in [2.75, 3.05) is 40.9 Å². The first-order valence-corrected chi connectivity index (χ1v) is 16.2. The molecule has 7 rings (SSSR count). The van der Waals surface area contributed by atoms with Gasteiger partial charge in [-0.1, -0.05) is 0 Å². The fraction of sp³-hybridized carbons (Fsp3) is 0.500. The number of benzene rings is 1. The molecule has 0 bridgehead atoms. The Bertz CT molecular complexity index is 1750. The molecule has 0 amide bonds. The number of rotatable bonds is 8. The van der Waals surface area contributed by atoms with E-state index in [4.69, 9.17) is 20.7 Å². The van der Waals surface area contributed by atoms with Crippen LogP contribution in [0.3, 0.4) is 0 Å². The lowest BCUT2D eigenvalue weighted by atomic mass is 9.88. The van der Waals surface area contributed by atoms with Crippen molar-refractivity contribution in [3.63, 3.8) is 0 Å². The number of nitrogen functional groups attached to an aromatic ring is 1. The number of hydrogen-bond donors (Lipinski definition) is 6. The van der Waals surface area contributed by atoms with Gasteiger partial charge < -0.3 is 36.6 Å². The molecule has 3 aromatic heterocycles. The van der Waals surface area contributed by atoms with Gasteiger partial charge in [-0.3, -0.25) is 4.98 Å². The van der Waals surface area contributed by atoms with Crippen molar-refractivity contribution in [1.29, 1.82) is 0 Å². The first kappa shape index (κ1) is 30.0. The molecule has 0 radical (unpaired) electrons. The molecule has 11 nitrogen and oxygen atoms in total. The summed E-state index contributed by atoms with van der Waals surface area (Å²) < 4.78 is 14.5. The van der Waals surface area contributed by atoms with Gasteiger partial charge in [0.1, 0.15) is 28.3 Å². The SMILES string of the molecule is Cc1nc(NCC2C3CN(c4ccc(F)cc4N)C[C@@H]23)nc(NC2C[C@H](C(C)(C)O)[C@@H](O)[C@H]2O)c1-c1nc2c(C)nccc2s1. The Balaban J connectivity index is 1.12. The number of piperidine rings is 1. The van der Waals surface area contributed by atoms with Crippen LogP contribution in [-0.4, -0.2) is 78.7 Å². The molecule has 238 valence electrons. The van der Waals surface area contributed by atoms with Crippen molar-refractivity contribution < 1.29 is 19.7 Å². The van der Waals surface area contributed by atoms with Crippen LogP contribution in [0.15, 0.2) is 30.5 Å². The Morgan fingerprint density at radius 2 is 1.82 bits per heavy atom. The van der Waals surface area contributed by atoms with Crippen LogP contribution >= 0.6 is 11.3 Å². The Labute approximate surface area is 264 Å². The van der Waals surface area contributed by atoms with Gasteiger partial charge in [0.25, 0.3) is 0 Å². The zero-order valence-electron chi connectivity index (χ0n) is 25.7. The fourth-order valence-electron chi connectivity index (χ4n) is 7.33. The van der Waals surface area contributed by atoms with Crippen LogP contribution in [0.25, 0.3) is 20.8 Å². The highest BCUT2D eigenvalue weighted by Crippen LogP contribution is 2.53. The minimum atomic E-state index is -1.16. The average molecular weight is 635 g/mol. The Kier molecular flexibility index (Phi) is 7.34. The molecule has 1 aromatic carbocycles. The molecule has 45 heavy (non-hydrogen) atoms. The van der Waals surface area contributed by atoms with E-state index in [0.717, 1.165) is 51.0 Å². The first-order valence-electron chi connectivity index (χ1n) is 15.4.